The van der Waals surface area contributed by atoms with Gasteiger partial charge in [0, 0.05) is 13.5 Å². The summed E-state index contributed by atoms with van der Waals surface area (Å²) >= 11 is 1.32. The number of aromatic nitrogens is 6. The molecule has 3 heterocycles. The quantitative estimate of drug-likeness (QED) is 0.522. The van der Waals surface area contributed by atoms with Crippen molar-refractivity contribution in [3.63, 3.8) is 0 Å². The molecular formula is C13H13N6O2S-. The number of aromatic amines is 1. The van der Waals surface area contributed by atoms with Crippen LogP contribution in [0.4, 0.5) is 0 Å². The average molecular weight is 317 g/mol. The van der Waals surface area contributed by atoms with Gasteiger partial charge < -0.3 is 14.7 Å². The molecule has 3 aromatic rings. The first-order valence-electron chi connectivity index (χ1n) is 6.65. The number of rotatable bonds is 6. The van der Waals surface area contributed by atoms with Gasteiger partial charge >= 0.3 is 0 Å². The number of hydrogen-bond acceptors (Lipinski definition) is 7. The maximum absolute atomic E-state index is 12.2. The maximum atomic E-state index is 12.2. The van der Waals surface area contributed by atoms with Crippen molar-refractivity contribution in [2.45, 2.75) is 22.9 Å². The predicted molar refractivity (Wildman–Crippen MR) is 77.4 cm³/mol. The molecule has 0 aliphatic carbocycles. The molecule has 22 heavy (non-hydrogen) atoms. The molecule has 0 fully saturated rings. The van der Waals surface area contributed by atoms with Gasteiger partial charge in [0.15, 0.2) is 11.4 Å². The zero-order chi connectivity index (χ0) is 15.5. The van der Waals surface area contributed by atoms with Gasteiger partial charge in [-0.15, -0.1) is 6.61 Å². The van der Waals surface area contributed by atoms with E-state index in [0.29, 0.717) is 33.3 Å². The smallest absolute Gasteiger partial charge is 0.183 e. The van der Waals surface area contributed by atoms with Crippen LogP contribution in [0.2, 0.25) is 0 Å². The predicted octanol–water partition coefficient (Wildman–Crippen LogP) is 0.561. The number of carbonyl (C=O) groups excluding carboxylic acids is 1. The molecular weight excluding hydrogens is 304 g/mol. The van der Waals surface area contributed by atoms with E-state index in [1.165, 1.54) is 18.1 Å². The van der Waals surface area contributed by atoms with Crippen LogP contribution in [0, 0.1) is 0 Å². The monoisotopic (exact) mass is 317 g/mol. The molecule has 0 radical (unpaired) electrons. The first-order valence-corrected chi connectivity index (χ1v) is 7.47. The molecule has 3 rings (SSSR count). The van der Waals surface area contributed by atoms with E-state index in [2.05, 4.69) is 24.9 Å². The summed E-state index contributed by atoms with van der Waals surface area (Å²) in [5, 5.41) is 11.9. The van der Waals surface area contributed by atoms with E-state index in [1.807, 2.05) is 7.05 Å². The number of nitrogens with one attached hydrogen (secondary N) is 1. The van der Waals surface area contributed by atoms with Crippen LogP contribution in [0.1, 0.15) is 23.3 Å². The van der Waals surface area contributed by atoms with Crippen LogP contribution in [-0.2, 0) is 7.05 Å². The molecule has 8 nitrogen and oxygen atoms in total. The fraction of sp³-hybridized carbons (Fsp3) is 0.308. The second kappa shape index (κ2) is 6.24. The lowest BCUT2D eigenvalue weighted by Crippen LogP contribution is -2.09. The normalized spacial score (nSPS) is 11.2. The molecule has 0 saturated carbocycles. The minimum atomic E-state index is -0.262. The first-order chi connectivity index (χ1) is 10.7. The van der Waals surface area contributed by atoms with Crippen molar-refractivity contribution in [3.8, 4) is 0 Å². The minimum Gasteiger partial charge on any atom is -0.854 e. The highest BCUT2D eigenvalue weighted by Gasteiger charge is 2.19. The lowest BCUT2D eigenvalue weighted by molar-refractivity contribution is -0.368. The van der Waals surface area contributed by atoms with Gasteiger partial charge in [0.1, 0.15) is 27.6 Å². The number of ketones is 1. The van der Waals surface area contributed by atoms with Crippen LogP contribution < -0.4 is 5.11 Å². The largest absolute Gasteiger partial charge is 0.854 e. The van der Waals surface area contributed by atoms with Gasteiger partial charge in [-0.05, 0) is 11.8 Å². The molecule has 0 aliphatic rings. The Bertz CT molecular complexity index is 812. The SMILES string of the molecule is Cn1cnc(C(=O)CCC[O-])c1Sc1ncnc2nc[nH]c12. The van der Waals surface area contributed by atoms with Crippen LogP contribution in [-0.4, -0.2) is 41.9 Å². The van der Waals surface area contributed by atoms with E-state index in [4.69, 9.17) is 0 Å². The molecule has 0 aliphatic heterocycles. The summed E-state index contributed by atoms with van der Waals surface area (Å²) in [6.07, 6.45) is 5.08. The number of Topliss-reactive ketones (excluding diaryl/α,β-unsaturated/α-hetero) is 1. The molecule has 9 heteroatoms. The second-order valence-corrected chi connectivity index (χ2v) is 5.60. The van der Waals surface area contributed by atoms with Crippen LogP contribution in [0.25, 0.3) is 11.2 Å². The molecule has 0 aromatic carbocycles. The van der Waals surface area contributed by atoms with E-state index in [-0.39, 0.29) is 18.8 Å². The zero-order valence-electron chi connectivity index (χ0n) is 11.8. The van der Waals surface area contributed by atoms with Crippen molar-refractivity contribution in [1.82, 2.24) is 29.5 Å². The number of nitrogens with zero attached hydrogens (tertiary/aromatic N) is 5. The Labute approximate surface area is 130 Å². The van der Waals surface area contributed by atoms with Gasteiger partial charge in [0.05, 0.1) is 12.7 Å². The fourth-order valence-electron chi connectivity index (χ4n) is 1.99. The summed E-state index contributed by atoms with van der Waals surface area (Å²) in [4.78, 5) is 31.7. The fourth-order valence-corrected chi connectivity index (χ4v) is 2.98. The number of aryl methyl sites for hydroxylation is 1. The number of carbonyl (C=O) groups is 1. The van der Waals surface area contributed by atoms with Gasteiger partial charge in [-0.25, -0.2) is 19.9 Å². The van der Waals surface area contributed by atoms with Crippen LogP contribution in [0.3, 0.4) is 0 Å². The Morgan fingerprint density at radius 2 is 2.23 bits per heavy atom. The molecule has 0 spiro atoms. The number of H-pyrrole nitrogens is 1. The van der Waals surface area contributed by atoms with Crippen molar-refractivity contribution in [3.05, 3.63) is 24.7 Å². The molecule has 0 saturated heterocycles. The highest BCUT2D eigenvalue weighted by atomic mass is 32.2. The van der Waals surface area contributed by atoms with Crippen molar-refractivity contribution in [2.75, 3.05) is 6.61 Å². The third kappa shape index (κ3) is 2.72. The van der Waals surface area contributed by atoms with Gasteiger partial charge in [-0.3, -0.25) is 4.79 Å². The Morgan fingerprint density at radius 1 is 1.36 bits per heavy atom. The molecule has 114 valence electrons. The van der Waals surface area contributed by atoms with Crippen LogP contribution in [0.15, 0.2) is 29.0 Å². The number of imidazole rings is 2. The molecule has 0 unspecified atom stereocenters. The zero-order valence-corrected chi connectivity index (χ0v) is 12.6. The highest BCUT2D eigenvalue weighted by molar-refractivity contribution is 7.99. The minimum absolute atomic E-state index is 0.131. The summed E-state index contributed by atoms with van der Waals surface area (Å²) in [6.45, 7) is -0.262. The number of hydrogen-bond donors (Lipinski definition) is 1. The standard InChI is InChI=1S/C13H13N6O2S/c1-19-7-18-9(8(21)3-2-4-20)13(19)22-12-10-11(15-5-14-10)16-6-17-12/h5-7H,2-4H2,1H3,(H,14,15,16,17)/q-1. The van der Waals surface area contributed by atoms with Gasteiger partial charge in [0.25, 0.3) is 0 Å². The highest BCUT2D eigenvalue weighted by Crippen LogP contribution is 2.32. The molecule has 1 N–H and O–H groups in total. The van der Waals surface area contributed by atoms with Crippen molar-refractivity contribution >= 4 is 28.7 Å². The number of fused-ring (bicyclic) bond motifs is 1. The first kappa shape index (κ1) is 14.7. The lowest BCUT2D eigenvalue weighted by Gasteiger charge is -2.06. The van der Waals surface area contributed by atoms with Crippen molar-refractivity contribution in [2.24, 2.45) is 7.05 Å². The third-order valence-corrected chi connectivity index (χ3v) is 4.25. The Morgan fingerprint density at radius 3 is 3.05 bits per heavy atom. The van der Waals surface area contributed by atoms with Crippen molar-refractivity contribution < 1.29 is 9.90 Å². The van der Waals surface area contributed by atoms with E-state index in [9.17, 15) is 9.90 Å². The second-order valence-electron chi connectivity index (χ2n) is 4.62. The lowest BCUT2D eigenvalue weighted by atomic mass is 10.2. The summed E-state index contributed by atoms with van der Waals surface area (Å²) in [5.74, 6) is -0.131. The van der Waals surface area contributed by atoms with Crippen LogP contribution in [0.5, 0.6) is 0 Å². The van der Waals surface area contributed by atoms with E-state index in [1.54, 1.807) is 17.2 Å². The van der Waals surface area contributed by atoms with Crippen molar-refractivity contribution in [1.29, 1.82) is 0 Å². The van der Waals surface area contributed by atoms with Gasteiger partial charge in [-0.2, -0.15) is 0 Å². The summed E-state index contributed by atoms with van der Waals surface area (Å²) in [7, 11) is 1.81. The summed E-state index contributed by atoms with van der Waals surface area (Å²) in [6, 6.07) is 0. The Kier molecular flexibility index (Phi) is 4.16. The Hall–Kier alpha value is -2.26. The molecule has 3 aromatic heterocycles. The summed E-state index contributed by atoms with van der Waals surface area (Å²) in [5.41, 5.74) is 1.65. The molecule has 0 atom stereocenters. The van der Waals surface area contributed by atoms with E-state index >= 15 is 0 Å². The van der Waals surface area contributed by atoms with Gasteiger partial charge in [-0.1, -0.05) is 6.42 Å². The average Bonchev–Trinajstić information content (AvgIpc) is 3.13. The maximum Gasteiger partial charge on any atom is 0.183 e. The van der Waals surface area contributed by atoms with Crippen LogP contribution >= 0.6 is 11.8 Å². The van der Waals surface area contributed by atoms with Gasteiger partial charge in [0.2, 0.25) is 0 Å². The molecule has 0 amide bonds. The Balaban J connectivity index is 1.94. The van der Waals surface area contributed by atoms with E-state index in [0.717, 1.165) is 0 Å². The molecule has 0 bridgehead atoms. The topological polar surface area (TPSA) is 112 Å². The van der Waals surface area contributed by atoms with E-state index < -0.39 is 0 Å². The third-order valence-electron chi connectivity index (χ3n) is 3.08. The summed E-state index contributed by atoms with van der Waals surface area (Å²) < 4.78 is 1.76.